The van der Waals surface area contributed by atoms with Crippen molar-refractivity contribution in [2.24, 2.45) is 5.73 Å². The maximum Gasteiger partial charge on any atom is 0.255 e. The number of hydrogen-bond donors (Lipinski definition) is 2. The predicted octanol–water partition coefficient (Wildman–Crippen LogP) is 2.74. The van der Waals surface area contributed by atoms with E-state index in [-0.39, 0.29) is 11.6 Å². The summed E-state index contributed by atoms with van der Waals surface area (Å²) in [7, 11) is 0. The van der Waals surface area contributed by atoms with Gasteiger partial charge in [0.1, 0.15) is 5.82 Å². The second kappa shape index (κ2) is 6.58. The molecule has 0 fully saturated rings. The van der Waals surface area contributed by atoms with E-state index in [1.54, 1.807) is 18.2 Å². The molecule has 4 nitrogen and oxygen atoms in total. The first-order valence-electron chi connectivity index (χ1n) is 6.01. The lowest BCUT2D eigenvalue weighted by Crippen LogP contribution is -2.14. The number of nitrogens with zero attached hydrogens (tertiary/aromatic N) is 1. The SMILES string of the molecule is NCCc1cc(C(=O)Nc2cc(Br)ccc2F)ccn1. The van der Waals surface area contributed by atoms with Crippen molar-refractivity contribution < 1.29 is 9.18 Å². The number of pyridine rings is 1. The van der Waals surface area contributed by atoms with E-state index in [1.807, 2.05) is 0 Å². The first-order chi connectivity index (χ1) is 9.60. The highest BCUT2D eigenvalue weighted by Gasteiger charge is 2.10. The minimum Gasteiger partial charge on any atom is -0.330 e. The minimum atomic E-state index is -0.488. The van der Waals surface area contributed by atoms with Crippen LogP contribution < -0.4 is 11.1 Å². The Bertz CT molecular complexity index is 634. The minimum absolute atomic E-state index is 0.126. The van der Waals surface area contributed by atoms with E-state index < -0.39 is 5.82 Å². The number of rotatable bonds is 4. The van der Waals surface area contributed by atoms with Crippen molar-refractivity contribution in [2.45, 2.75) is 6.42 Å². The van der Waals surface area contributed by atoms with E-state index in [4.69, 9.17) is 5.73 Å². The standard InChI is InChI=1S/C14H13BrFN3O/c15-10-1-2-12(16)13(8-10)19-14(20)9-4-6-18-11(7-9)3-5-17/h1-2,4,6-8H,3,5,17H2,(H,19,20). The molecular weight excluding hydrogens is 325 g/mol. The molecule has 1 heterocycles. The van der Waals surface area contributed by atoms with Gasteiger partial charge in [-0.1, -0.05) is 15.9 Å². The Kier molecular flexibility index (Phi) is 4.81. The highest BCUT2D eigenvalue weighted by Crippen LogP contribution is 2.20. The van der Waals surface area contributed by atoms with Crippen molar-refractivity contribution in [3.63, 3.8) is 0 Å². The van der Waals surface area contributed by atoms with Gasteiger partial charge in [0, 0.05) is 28.3 Å². The quantitative estimate of drug-likeness (QED) is 0.901. The van der Waals surface area contributed by atoms with Crippen molar-refractivity contribution in [3.05, 3.63) is 58.1 Å². The zero-order chi connectivity index (χ0) is 14.5. The van der Waals surface area contributed by atoms with Gasteiger partial charge in [-0.05, 0) is 36.9 Å². The van der Waals surface area contributed by atoms with Gasteiger partial charge in [-0.15, -0.1) is 0 Å². The molecule has 3 N–H and O–H groups in total. The average Bonchev–Trinajstić information content (AvgIpc) is 2.43. The van der Waals surface area contributed by atoms with Gasteiger partial charge in [0.15, 0.2) is 0 Å². The number of anilines is 1. The fourth-order valence-electron chi connectivity index (χ4n) is 1.69. The third-order valence-electron chi connectivity index (χ3n) is 2.66. The van der Waals surface area contributed by atoms with Crippen LogP contribution in [0.3, 0.4) is 0 Å². The molecule has 2 rings (SSSR count). The highest BCUT2D eigenvalue weighted by atomic mass is 79.9. The number of aromatic nitrogens is 1. The van der Waals surface area contributed by atoms with Crippen LogP contribution in [0.5, 0.6) is 0 Å². The molecule has 0 spiro atoms. The summed E-state index contributed by atoms with van der Waals surface area (Å²) >= 11 is 3.23. The molecule has 0 aliphatic heterocycles. The Morgan fingerprint density at radius 2 is 2.15 bits per heavy atom. The second-order valence-electron chi connectivity index (χ2n) is 4.15. The summed E-state index contributed by atoms with van der Waals surface area (Å²) < 4.78 is 14.3. The van der Waals surface area contributed by atoms with Crippen LogP contribution in [0, 0.1) is 5.82 Å². The third-order valence-corrected chi connectivity index (χ3v) is 3.15. The van der Waals surface area contributed by atoms with Crippen LogP contribution in [0.1, 0.15) is 16.1 Å². The molecule has 0 bridgehead atoms. The molecule has 104 valence electrons. The predicted molar refractivity (Wildman–Crippen MR) is 79.0 cm³/mol. The number of hydrogen-bond acceptors (Lipinski definition) is 3. The molecule has 20 heavy (non-hydrogen) atoms. The highest BCUT2D eigenvalue weighted by molar-refractivity contribution is 9.10. The average molecular weight is 338 g/mol. The normalized spacial score (nSPS) is 10.3. The van der Waals surface area contributed by atoms with E-state index >= 15 is 0 Å². The number of amides is 1. The number of nitrogens with one attached hydrogen (secondary N) is 1. The Morgan fingerprint density at radius 3 is 2.90 bits per heavy atom. The molecule has 2 aromatic rings. The summed E-state index contributed by atoms with van der Waals surface area (Å²) in [5, 5.41) is 2.53. The number of halogens is 2. The maximum atomic E-state index is 13.6. The molecule has 1 aromatic carbocycles. The lowest BCUT2D eigenvalue weighted by Gasteiger charge is -2.08. The van der Waals surface area contributed by atoms with E-state index in [1.165, 1.54) is 18.3 Å². The summed E-state index contributed by atoms with van der Waals surface area (Å²) in [6.07, 6.45) is 2.13. The summed E-state index contributed by atoms with van der Waals surface area (Å²) in [6.45, 7) is 0.457. The maximum absolute atomic E-state index is 13.6. The largest absolute Gasteiger partial charge is 0.330 e. The van der Waals surface area contributed by atoms with E-state index in [0.29, 0.717) is 23.0 Å². The smallest absolute Gasteiger partial charge is 0.255 e. The molecule has 0 saturated heterocycles. The molecule has 0 atom stereocenters. The summed E-state index contributed by atoms with van der Waals surface area (Å²) in [5.41, 5.74) is 6.73. The molecule has 1 amide bonds. The van der Waals surface area contributed by atoms with Gasteiger partial charge < -0.3 is 11.1 Å². The lowest BCUT2D eigenvalue weighted by atomic mass is 10.2. The van der Waals surface area contributed by atoms with Gasteiger partial charge in [0.25, 0.3) is 5.91 Å². The Balaban J connectivity index is 2.19. The first-order valence-corrected chi connectivity index (χ1v) is 6.81. The molecule has 0 saturated carbocycles. The number of nitrogens with two attached hydrogens (primary N) is 1. The van der Waals surface area contributed by atoms with E-state index in [2.05, 4.69) is 26.2 Å². The van der Waals surface area contributed by atoms with Crippen molar-refractivity contribution in [3.8, 4) is 0 Å². The lowest BCUT2D eigenvalue weighted by molar-refractivity contribution is 0.102. The van der Waals surface area contributed by atoms with Crippen LogP contribution in [-0.4, -0.2) is 17.4 Å². The zero-order valence-electron chi connectivity index (χ0n) is 10.6. The molecule has 1 aromatic heterocycles. The summed E-state index contributed by atoms with van der Waals surface area (Å²) in [4.78, 5) is 16.2. The van der Waals surface area contributed by atoms with Crippen molar-refractivity contribution in [2.75, 3.05) is 11.9 Å². The summed E-state index contributed by atoms with van der Waals surface area (Å²) in [5.74, 6) is -0.875. The fourth-order valence-corrected chi connectivity index (χ4v) is 2.05. The second-order valence-corrected chi connectivity index (χ2v) is 5.07. The third kappa shape index (κ3) is 3.61. The fraction of sp³-hybridized carbons (Fsp3) is 0.143. The molecule has 6 heteroatoms. The molecule has 0 unspecified atom stereocenters. The van der Waals surface area contributed by atoms with Crippen LogP contribution in [0.25, 0.3) is 0 Å². The van der Waals surface area contributed by atoms with Crippen LogP contribution >= 0.6 is 15.9 Å². The number of carbonyl (C=O) groups excluding carboxylic acids is 1. The van der Waals surface area contributed by atoms with Gasteiger partial charge in [-0.3, -0.25) is 9.78 Å². The first kappa shape index (κ1) is 14.6. The topological polar surface area (TPSA) is 68.0 Å². The van der Waals surface area contributed by atoms with Crippen molar-refractivity contribution in [1.82, 2.24) is 4.98 Å². The van der Waals surface area contributed by atoms with Crippen molar-refractivity contribution >= 4 is 27.5 Å². The van der Waals surface area contributed by atoms with Crippen molar-refractivity contribution in [1.29, 1.82) is 0 Å². The zero-order valence-corrected chi connectivity index (χ0v) is 12.2. The summed E-state index contributed by atoms with van der Waals surface area (Å²) in [6, 6.07) is 7.58. The Hall–Kier alpha value is -1.79. The Labute approximate surface area is 124 Å². The molecule has 0 radical (unpaired) electrons. The van der Waals surface area contributed by atoms with Crippen LogP contribution in [0.15, 0.2) is 41.0 Å². The van der Waals surface area contributed by atoms with E-state index in [0.717, 1.165) is 5.69 Å². The van der Waals surface area contributed by atoms with Crippen LogP contribution in [0.2, 0.25) is 0 Å². The number of benzene rings is 1. The van der Waals surface area contributed by atoms with Gasteiger partial charge in [-0.2, -0.15) is 0 Å². The van der Waals surface area contributed by atoms with E-state index in [9.17, 15) is 9.18 Å². The Morgan fingerprint density at radius 1 is 1.35 bits per heavy atom. The van der Waals surface area contributed by atoms with Gasteiger partial charge in [-0.25, -0.2) is 4.39 Å². The van der Waals surface area contributed by atoms with Gasteiger partial charge in [0.05, 0.1) is 5.69 Å². The molecular formula is C14H13BrFN3O. The van der Waals surface area contributed by atoms with Gasteiger partial charge >= 0.3 is 0 Å². The van der Waals surface area contributed by atoms with Gasteiger partial charge in [0.2, 0.25) is 0 Å². The number of carbonyl (C=O) groups is 1. The van der Waals surface area contributed by atoms with Crippen LogP contribution in [-0.2, 0) is 6.42 Å². The van der Waals surface area contributed by atoms with Crippen LogP contribution in [0.4, 0.5) is 10.1 Å². The monoisotopic (exact) mass is 337 g/mol. The molecule has 0 aliphatic rings. The molecule has 0 aliphatic carbocycles.